The molecular formula is C12H14O5. The molecule has 5 heteroatoms. The van der Waals surface area contributed by atoms with Gasteiger partial charge in [0.2, 0.25) is 0 Å². The first kappa shape index (κ1) is 14.8. The molecule has 17 heavy (non-hydrogen) atoms. The highest BCUT2D eigenvalue weighted by molar-refractivity contribution is 6.01. The van der Waals surface area contributed by atoms with Crippen LogP contribution in [0.3, 0.4) is 0 Å². The van der Waals surface area contributed by atoms with Gasteiger partial charge in [-0.1, -0.05) is 19.1 Å². The van der Waals surface area contributed by atoms with Crippen LogP contribution in [0.4, 0.5) is 0 Å². The largest absolute Gasteiger partial charge is 0.478 e. The van der Waals surface area contributed by atoms with Crippen molar-refractivity contribution in [1.29, 1.82) is 0 Å². The molecular weight excluding hydrogens is 224 g/mol. The summed E-state index contributed by atoms with van der Waals surface area (Å²) in [6, 6.07) is 5.48. The van der Waals surface area contributed by atoms with Gasteiger partial charge in [0.15, 0.2) is 0 Å². The lowest BCUT2D eigenvalue weighted by atomic mass is 10.1. The summed E-state index contributed by atoms with van der Waals surface area (Å²) < 4.78 is 0. The van der Waals surface area contributed by atoms with E-state index >= 15 is 0 Å². The van der Waals surface area contributed by atoms with Crippen LogP contribution in [-0.4, -0.2) is 27.9 Å². The van der Waals surface area contributed by atoms with Crippen molar-refractivity contribution in [2.45, 2.75) is 20.3 Å². The van der Waals surface area contributed by atoms with Crippen LogP contribution >= 0.6 is 0 Å². The molecule has 0 saturated carbocycles. The van der Waals surface area contributed by atoms with Crippen molar-refractivity contribution < 1.29 is 24.6 Å². The van der Waals surface area contributed by atoms with Gasteiger partial charge in [-0.2, -0.15) is 0 Å². The SMILES string of the molecule is CCC(C)=O.O=C(O)c1ccccc1C(=O)O. The number of carbonyl (C=O) groups is 3. The van der Waals surface area contributed by atoms with E-state index in [4.69, 9.17) is 10.2 Å². The molecule has 0 aliphatic rings. The number of carboxylic acids is 2. The molecule has 0 radical (unpaired) electrons. The van der Waals surface area contributed by atoms with Gasteiger partial charge in [-0.15, -0.1) is 0 Å². The molecule has 0 atom stereocenters. The zero-order chi connectivity index (χ0) is 13.4. The first-order chi connectivity index (χ1) is 7.90. The summed E-state index contributed by atoms with van der Waals surface area (Å²) in [6.07, 6.45) is 0.667. The summed E-state index contributed by atoms with van der Waals surface area (Å²) in [7, 11) is 0. The summed E-state index contributed by atoms with van der Waals surface area (Å²) in [5, 5.41) is 17.1. The summed E-state index contributed by atoms with van der Waals surface area (Å²) in [4.78, 5) is 30.7. The fraction of sp³-hybridized carbons (Fsp3) is 0.250. The van der Waals surface area contributed by atoms with Crippen LogP contribution in [0, 0.1) is 0 Å². The molecule has 0 spiro atoms. The van der Waals surface area contributed by atoms with Crippen LogP contribution in [0.25, 0.3) is 0 Å². The van der Waals surface area contributed by atoms with Gasteiger partial charge in [0.1, 0.15) is 5.78 Å². The maximum Gasteiger partial charge on any atom is 0.336 e. The molecule has 0 aliphatic heterocycles. The summed E-state index contributed by atoms with van der Waals surface area (Å²) in [5.74, 6) is -2.20. The third-order valence-corrected chi connectivity index (χ3v) is 1.89. The van der Waals surface area contributed by atoms with Crippen molar-refractivity contribution in [3.05, 3.63) is 35.4 Å². The third kappa shape index (κ3) is 5.46. The Kier molecular flexibility index (Phi) is 6.25. The third-order valence-electron chi connectivity index (χ3n) is 1.89. The van der Waals surface area contributed by atoms with Crippen molar-refractivity contribution in [3.8, 4) is 0 Å². The quantitative estimate of drug-likeness (QED) is 0.840. The van der Waals surface area contributed by atoms with E-state index in [1.807, 2.05) is 6.92 Å². The highest BCUT2D eigenvalue weighted by Crippen LogP contribution is 2.07. The van der Waals surface area contributed by atoms with Crippen LogP contribution in [0.1, 0.15) is 41.0 Å². The average Bonchev–Trinajstić information content (AvgIpc) is 2.29. The second kappa shape index (κ2) is 7.16. The molecule has 92 valence electrons. The molecule has 0 aromatic heterocycles. The molecule has 1 rings (SSSR count). The van der Waals surface area contributed by atoms with E-state index in [1.54, 1.807) is 6.92 Å². The van der Waals surface area contributed by atoms with Gasteiger partial charge in [0.05, 0.1) is 11.1 Å². The lowest BCUT2D eigenvalue weighted by Crippen LogP contribution is -2.06. The van der Waals surface area contributed by atoms with Gasteiger partial charge in [-0.3, -0.25) is 0 Å². The molecule has 0 heterocycles. The molecule has 0 aliphatic carbocycles. The molecule has 5 nitrogen and oxygen atoms in total. The Morgan fingerprint density at radius 1 is 1.00 bits per heavy atom. The minimum atomic E-state index is -1.23. The highest BCUT2D eigenvalue weighted by Gasteiger charge is 2.13. The minimum Gasteiger partial charge on any atom is -0.478 e. The maximum atomic E-state index is 10.5. The fourth-order valence-electron chi connectivity index (χ4n) is 0.856. The van der Waals surface area contributed by atoms with Crippen molar-refractivity contribution in [3.63, 3.8) is 0 Å². The Morgan fingerprint density at radius 3 is 1.47 bits per heavy atom. The lowest BCUT2D eigenvalue weighted by Gasteiger charge is -1.98. The van der Waals surface area contributed by atoms with Gasteiger partial charge in [0, 0.05) is 6.42 Å². The van der Waals surface area contributed by atoms with E-state index in [0.29, 0.717) is 6.42 Å². The van der Waals surface area contributed by atoms with Crippen LogP contribution in [0.2, 0.25) is 0 Å². The van der Waals surface area contributed by atoms with E-state index in [9.17, 15) is 14.4 Å². The van der Waals surface area contributed by atoms with Crippen LogP contribution in [0.15, 0.2) is 24.3 Å². The number of ketones is 1. The molecule has 1 aromatic rings. The Morgan fingerprint density at radius 2 is 1.29 bits per heavy atom. The molecule has 0 bridgehead atoms. The first-order valence-corrected chi connectivity index (χ1v) is 4.95. The molecule has 0 amide bonds. The zero-order valence-electron chi connectivity index (χ0n) is 9.64. The zero-order valence-corrected chi connectivity index (χ0v) is 9.64. The minimum absolute atomic E-state index is 0.190. The normalized spacial score (nSPS) is 8.82. The molecule has 0 saturated heterocycles. The molecule has 0 unspecified atom stereocenters. The first-order valence-electron chi connectivity index (χ1n) is 4.95. The number of Topliss-reactive ketones (excluding diaryl/α,β-unsaturated/α-hetero) is 1. The second-order valence-electron chi connectivity index (χ2n) is 3.21. The smallest absolute Gasteiger partial charge is 0.336 e. The van der Waals surface area contributed by atoms with E-state index < -0.39 is 11.9 Å². The predicted molar refractivity (Wildman–Crippen MR) is 61.3 cm³/mol. The number of rotatable bonds is 3. The fourth-order valence-corrected chi connectivity index (χ4v) is 0.856. The molecule has 1 aromatic carbocycles. The molecule has 2 N–H and O–H groups in total. The van der Waals surface area contributed by atoms with Crippen LogP contribution in [0.5, 0.6) is 0 Å². The predicted octanol–water partition coefficient (Wildman–Crippen LogP) is 2.07. The standard InChI is InChI=1S/C8H6O4.C4H8O/c9-7(10)5-3-1-2-4-6(5)8(11)12;1-3-4(2)5/h1-4H,(H,9,10)(H,11,12);3H2,1-2H3. The topological polar surface area (TPSA) is 91.7 Å². The Labute approximate surface area is 98.7 Å². The number of hydrogen-bond donors (Lipinski definition) is 2. The number of aromatic carboxylic acids is 2. The van der Waals surface area contributed by atoms with Crippen LogP contribution in [-0.2, 0) is 4.79 Å². The number of benzene rings is 1. The summed E-state index contributed by atoms with van der Waals surface area (Å²) >= 11 is 0. The van der Waals surface area contributed by atoms with E-state index in [0.717, 1.165) is 0 Å². The van der Waals surface area contributed by atoms with Crippen molar-refractivity contribution in [2.24, 2.45) is 0 Å². The second-order valence-corrected chi connectivity index (χ2v) is 3.21. The van der Waals surface area contributed by atoms with Gasteiger partial charge in [-0.05, 0) is 19.1 Å². The number of carbonyl (C=O) groups excluding carboxylic acids is 1. The van der Waals surface area contributed by atoms with Gasteiger partial charge in [-0.25, -0.2) is 9.59 Å². The number of carboxylic acid groups (broad SMARTS) is 2. The Hall–Kier alpha value is -2.17. The maximum absolute atomic E-state index is 10.5. The average molecular weight is 238 g/mol. The summed E-state index contributed by atoms with van der Waals surface area (Å²) in [6.45, 7) is 3.43. The molecule has 0 fully saturated rings. The van der Waals surface area contributed by atoms with E-state index in [-0.39, 0.29) is 16.9 Å². The van der Waals surface area contributed by atoms with E-state index in [2.05, 4.69) is 0 Å². The highest BCUT2D eigenvalue weighted by atomic mass is 16.4. The van der Waals surface area contributed by atoms with Crippen molar-refractivity contribution >= 4 is 17.7 Å². The van der Waals surface area contributed by atoms with E-state index in [1.165, 1.54) is 24.3 Å². The Balaban J connectivity index is 0.000000437. The van der Waals surface area contributed by atoms with Crippen molar-refractivity contribution in [2.75, 3.05) is 0 Å². The lowest BCUT2D eigenvalue weighted by molar-refractivity contribution is -0.116. The van der Waals surface area contributed by atoms with Gasteiger partial charge < -0.3 is 15.0 Å². The van der Waals surface area contributed by atoms with Gasteiger partial charge >= 0.3 is 11.9 Å². The number of hydrogen-bond acceptors (Lipinski definition) is 3. The summed E-state index contributed by atoms with van der Waals surface area (Å²) in [5.41, 5.74) is -0.380. The van der Waals surface area contributed by atoms with Crippen molar-refractivity contribution in [1.82, 2.24) is 0 Å². The Bertz CT molecular complexity index is 390. The van der Waals surface area contributed by atoms with Gasteiger partial charge in [0.25, 0.3) is 0 Å². The monoisotopic (exact) mass is 238 g/mol. The van der Waals surface area contributed by atoms with Crippen LogP contribution < -0.4 is 0 Å².